The summed E-state index contributed by atoms with van der Waals surface area (Å²) in [4.78, 5) is 0. The molecule has 0 amide bonds. The minimum Gasteiger partial charge on any atom is -0.0842 e. The van der Waals surface area contributed by atoms with E-state index in [0.29, 0.717) is 0 Å². The Morgan fingerprint density at radius 2 is 2.08 bits per heavy atom. The Morgan fingerprint density at radius 3 is 2.92 bits per heavy atom. The van der Waals surface area contributed by atoms with Crippen molar-refractivity contribution in [1.82, 2.24) is 0 Å². The summed E-state index contributed by atoms with van der Waals surface area (Å²) in [6, 6.07) is 6.86. The fraction of sp³-hybridized carbons (Fsp3) is 0.385. The Hall–Kier alpha value is -1.04. The molecule has 1 aliphatic rings. The summed E-state index contributed by atoms with van der Waals surface area (Å²) in [5.41, 5.74) is 4.49. The standard InChI is InChI=1S/C13H16/c1-2-3-5-11-8-9-12-6-4-7-13(12)10-11/h3,5,8-10H,2,4,6-7H2,1H3. The van der Waals surface area contributed by atoms with E-state index in [0.717, 1.165) is 6.42 Å². The molecule has 0 heterocycles. The highest BCUT2D eigenvalue weighted by Gasteiger charge is 2.09. The first kappa shape index (κ1) is 8.55. The normalized spacial score (nSPS) is 15.2. The molecule has 0 radical (unpaired) electrons. The average Bonchev–Trinajstić information content (AvgIpc) is 2.61. The van der Waals surface area contributed by atoms with E-state index in [-0.39, 0.29) is 0 Å². The molecule has 0 fully saturated rings. The number of hydrogen-bond donors (Lipinski definition) is 0. The van der Waals surface area contributed by atoms with Gasteiger partial charge in [0, 0.05) is 0 Å². The van der Waals surface area contributed by atoms with Crippen LogP contribution in [0.15, 0.2) is 24.3 Å². The minimum absolute atomic E-state index is 1.12. The summed E-state index contributed by atoms with van der Waals surface area (Å²) >= 11 is 0. The van der Waals surface area contributed by atoms with Crippen molar-refractivity contribution in [3.8, 4) is 0 Å². The summed E-state index contributed by atoms with van der Waals surface area (Å²) < 4.78 is 0. The van der Waals surface area contributed by atoms with Crippen LogP contribution in [0.2, 0.25) is 0 Å². The van der Waals surface area contributed by atoms with Crippen LogP contribution in [0.5, 0.6) is 0 Å². The highest BCUT2D eigenvalue weighted by Crippen LogP contribution is 2.23. The topological polar surface area (TPSA) is 0 Å². The van der Waals surface area contributed by atoms with E-state index in [1.807, 2.05) is 0 Å². The molecule has 1 aromatic carbocycles. The van der Waals surface area contributed by atoms with Crippen LogP contribution >= 0.6 is 0 Å². The van der Waals surface area contributed by atoms with Gasteiger partial charge in [0.15, 0.2) is 0 Å². The summed E-state index contributed by atoms with van der Waals surface area (Å²) in [5.74, 6) is 0. The van der Waals surface area contributed by atoms with Gasteiger partial charge in [-0.05, 0) is 42.4 Å². The monoisotopic (exact) mass is 172 g/mol. The number of fused-ring (bicyclic) bond motifs is 1. The Kier molecular flexibility index (Phi) is 2.49. The zero-order chi connectivity index (χ0) is 9.10. The van der Waals surface area contributed by atoms with Crippen molar-refractivity contribution >= 4 is 6.08 Å². The van der Waals surface area contributed by atoms with Crippen molar-refractivity contribution in [2.75, 3.05) is 0 Å². The molecule has 1 aliphatic carbocycles. The molecular weight excluding hydrogens is 156 g/mol. The lowest BCUT2D eigenvalue weighted by atomic mass is 10.1. The largest absolute Gasteiger partial charge is 0.0842 e. The zero-order valence-corrected chi connectivity index (χ0v) is 8.22. The number of benzene rings is 1. The predicted octanol–water partition coefficient (Wildman–Crippen LogP) is 3.60. The van der Waals surface area contributed by atoms with E-state index < -0.39 is 0 Å². The molecular formula is C13H16. The van der Waals surface area contributed by atoms with Gasteiger partial charge < -0.3 is 0 Å². The smallest absolute Gasteiger partial charge is 0.0257 e. The van der Waals surface area contributed by atoms with Crippen LogP contribution in [-0.4, -0.2) is 0 Å². The van der Waals surface area contributed by atoms with Crippen molar-refractivity contribution in [3.63, 3.8) is 0 Å². The second kappa shape index (κ2) is 3.78. The molecule has 0 saturated carbocycles. The second-order valence-corrected chi connectivity index (χ2v) is 3.69. The molecule has 1 aromatic rings. The van der Waals surface area contributed by atoms with Gasteiger partial charge in [-0.1, -0.05) is 37.3 Å². The maximum atomic E-state index is 2.34. The van der Waals surface area contributed by atoms with Gasteiger partial charge in [-0.15, -0.1) is 0 Å². The Morgan fingerprint density at radius 1 is 1.23 bits per heavy atom. The van der Waals surface area contributed by atoms with Gasteiger partial charge in [0.2, 0.25) is 0 Å². The first-order valence-corrected chi connectivity index (χ1v) is 5.18. The van der Waals surface area contributed by atoms with Crippen LogP contribution in [0.25, 0.3) is 6.08 Å². The Labute approximate surface area is 80.3 Å². The third-order valence-electron chi connectivity index (χ3n) is 2.67. The average molecular weight is 172 g/mol. The van der Waals surface area contributed by atoms with Gasteiger partial charge in [0.05, 0.1) is 0 Å². The molecule has 0 aliphatic heterocycles. The summed E-state index contributed by atoms with van der Waals surface area (Å²) in [7, 11) is 0. The van der Waals surface area contributed by atoms with Gasteiger partial charge in [-0.3, -0.25) is 0 Å². The van der Waals surface area contributed by atoms with Crippen molar-refractivity contribution in [3.05, 3.63) is 41.0 Å². The molecule has 0 heteroatoms. The van der Waals surface area contributed by atoms with Gasteiger partial charge in [0.1, 0.15) is 0 Å². The molecule has 0 unspecified atom stereocenters. The second-order valence-electron chi connectivity index (χ2n) is 3.69. The summed E-state index contributed by atoms with van der Waals surface area (Å²) in [5, 5.41) is 0. The molecule has 0 atom stereocenters. The van der Waals surface area contributed by atoms with Gasteiger partial charge in [-0.25, -0.2) is 0 Å². The summed E-state index contributed by atoms with van der Waals surface area (Å²) in [6.45, 7) is 2.17. The van der Waals surface area contributed by atoms with Gasteiger partial charge in [0.25, 0.3) is 0 Å². The first-order chi connectivity index (χ1) is 6.40. The van der Waals surface area contributed by atoms with Crippen LogP contribution in [0, 0.1) is 0 Å². The lowest BCUT2D eigenvalue weighted by Gasteiger charge is -1.99. The molecule has 13 heavy (non-hydrogen) atoms. The predicted molar refractivity (Wildman–Crippen MR) is 57.8 cm³/mol. The number of hydrogen-bond acceptors (Lipinski definition) is 0. The molecule has 0 saturated heterocycles. The molecule has 0 bridgehead atoms. The van der Waals surface area contributed by atoms with Crippen LogP contribution in [0.4, 0.5) is 0 Å². The highest BCUT2D eigenvalue weighted by atomic mass is 14.1. The first-order valence-electron chi connectivity index (χ1n) is 5.18. The number of allylic oxidation sites excluding steroid dienone is 1. The third-order valence-corrected chi connectivity index (χ3v) is 2.67. The van der Waals surface area contributed by atoms with Crippen LogP contribution < -0.4 is 0 Å². The van der Waals surface area contributed by atoms with Gasteiger partial charge in [-0.2, -0.15) is 0 Å². The highest BCUT2D eigenvalue weighted by molar-refractivity contribution is 5.52. The van der Waals surface area contributed by atoms with E-state index >= 15 is 0 Å². The van der Waals surface area contributed by atoms with E-state index in [2.05, 4.69) is 37.3 Å². The third kappa shape index (κ3) is 1.82. The molecule has 0 N–H and O–H groups in total. The molecule has 0 spiro atoms. The van der Waals surface area contributed by atoms with Crippen molar-refractivity contribution in [2.45, 2.75) is 32.6 Å². The SMILES string of the molecule is CCC=Cc1ccc2c(c1)CCC2. The maximum absolute atomic E-state index is 2.34. The quantitative estimate of drug-likeness (QED) is 0.639. The van der Waals surface area contributed by atoms with Gasteiger partial charge >= 0.3 is 0 Å². The Balaban J connectivity index is 2.25. The minimum atomic E-state index is 1.12. The summed E-state index contributed by atoms with van der Waals surface area (Å²) in [6.07, 6.45) is 9.47. The van der Waals surface area contributed by atoms with E-state index in [1.165, 1.54) is 24.8 Å². The van der Waals surface area contributed by atoms with Crippen LogP contribution in [-0.2, 0) is 12.8 Å². The fourth-order valence-corrected chi connectivity index (χ4v) is 1.95. The van der Waals surface area contributed by atoms with Crippen molar-refractivity contribution in [2.24, 2.45) is 0 Å². The van der Waals surface area contributed by atoms with Crippen molar-refractivity contribution in [1.29, 1.82) is 0 Å². The van der Waals surface area contributed by atoms with E-state index in [1.54, 1.807) is 11.1 Å². The van der Waals surface area contributed by atoms with Crippen LogP contribution in [0.1, 0.15) is 36.5 Å². The lowest BCUT2D eigenvalue weighted by Crippen LogP contribution is -1.82. The Bertz CT molecular complexity index is 321. The molecule has 68 valence electrons. The van der Waals surface area contributed by atoms with E-state index in [9.17, 15) is 0 Å². The molecule has 2 rings (SSSR count). The van der Waals surface area contributed by atoms with Crippen molar-refractivity contribution < 1.29 is 0 Å². The number of rotatable bonds is 2. The number of aryl methyl sites for hydroxylation is 2. The lowest BCUT2D eigenvalue weighted by molar-refractivity contribution is 0.912. The maximum Gasteiger partial charge on any atom is -0.0257 e. The fourth-order valence-electron chi connectivity index (χ4n) is 1.95. The zero-order valence-electron chi connectivity index (χ0n) is 8.22. The molecule has 0 nitrogen and oxygen atoms in total. The van der Waals surface area contributed by atoms with Crippen LogP contribution in [0.3, 0.4) is 0 Å². The van der Waals surface area contributed by atoms with E-state index in [4.69, 9.17) is 0 Å². The molecule has 0 aromatic heterocycles.